The molecule has 5 heteroatoms. The molecule has 3 heterocycles. The molecule has 1 aliphatic heterocycles. The molecule has 0 spiro atoms. The number of hydrogen-bond donors (Lipinski definition) is 1. The number of aromatic nitrogens is 3. The fourth-order valence-electron chi connectivity index (χ4n) is 3.21. The summed E-state index contributed by atoms with van der Waals surface area (Å²) in [7, 11) is 0. The summed E-state index contributed by atoms with van der Waals surface area (Å²) in [5.41, 5.74) is 2.19. The van der Waals surface area contributed by atoms with E-state index in [1.165, 1.54) is 24.2 Å². The van der Waals surface area contributed by atoms with E-state index in [0.29, 0.717) is 0 Å². The Morgan fingerprint density at radius 1 is 1.33 bits per heavy atom. The summed E-state index contributed by atoms with van der Waals surface area (Å²) in [6, 6.07) is 4.32. The molecule has 0 bridgehead atoms. The maximum absolute atomic E-state index is 4.41. The quantitative estimate of drug-likeness (QED) is 0.916. The molecule has 114 valence electrons. The Labute approximate surface area is 126 Å². The summed E-state index contributed by atoms with van der Waals surface area (Å²) in [6.45, 7) is 8.86. The highest BCUT2D eigenvalue weighted by atomic mass is 15.4. The second-order valence-electron chi connectivity index (χ2n) is 6.06. The number of nitrogens with one attached hydrogen (secondary N) is 1. The Morgan fingerprint density at radius 2 is 2.14 bits per heavy atom. The van der Waals surface area contributed by atoms with Gasteiger partial charge in [0, 0.05) is 13.1 Å². The van der Waals surface area contributed by atoms with E-state index in [4.69, 9.17) is 0 Å². The van der Waals surface area contributed by atoms with Gasteiger partial charge in [-0.25, -0.2) is 4.98 Å². The predicted octanol–water partition coefficient (Wildman–Crippen LogP) is 2.25. The van der Waals surface area contributed by atoms with Crippen molar-refractivity contribution in [3.05, 3.63) is 24.0 Å². The summed E-state index contributed by atoms with van der Waals surface area (Å²) in [5, 5.41) is 7.86. The number of fused-ring (bicyclic) bond motifs is 1. The van der Waals surface area contributed by atoms with Gasteiger partial charge in [-0.15, -0.1) is 0 Å². The third-order valence-electron chi connectivity index (χ3n) is 4.26. The molecule has 2 aromatic heterocycles. The highest BCUT2D eigenvalue weighted by Crippen LogP contribution is 2.22. The number of pyridine rings is 1. The van der Waals surface area contributed by atoms with Gasteiger partial charge in [0.2, 0.25) is 0 Å². The lowest BCUT2D eigenvalue weighted by atomic mass is 9.97. The van der Waals surface area contributed by atoms with E-state index in [2.05, 4.69) is 46.3 Å². The molecular weight excluding hydrogens is 262 g/mol. The molecule has 0 unspecified atom stereocenters. The molecule has 1 aliphatic rings. The van der Waals surface area contributed by atoms with Crippen LogP contribution in [0.1, 0.15) is 31.7 Å². The van der Waals surface area contributed by atoms with E-state index in [-0.39, 0.29) is 0 Å². The van der Waals surface area contributed by atoms with Gasteiger partial charge in [0.15, 0.2) is 5.65 Å². The summed E-state index contributed by atoms with van der Waals surface area (Å²) < 4.78 is 1.98. The zero-order valence-electron chi connectivity index (χ0n) is 13.0. The van der Waals surface area contributed by atoms with Gasteiger partial charge >= 0.3 is 0 Å². The molecule has 0 amide bonds. The van der Waals surface area contributed by atoms with Crippen LogP contribution in [0.2, 0.25) is 0 Å². The van der Waals surface area contributed by atoms with Gasteiger partial charge in [-0.1, -0.05) is 6.92 Å². The van der Waals surface area contributed by atoms with Crippen molar-refractivity contribution in [1.82, 2.24) is 19.9 Å². The Kier molecular flexibility index (Phi) is 4.39. The van der Waals surface area contributed by atoms with Gasteiger partial charge in [0.25, 0.3) is 0 Å². The average Bonchev–Trinajstić information content (AvgIpc) is 2.95. The number of hydrogen-bond acceptors (Lipinski definition) is 4. The lowest BCUT2D eigenvalue weighted by molar-refractivity contribution is 0.372. The Bertz CT molecular complexity index is 585. The molecule has 0 aromatic carbocycles. The molecular formula is C16H25N5. The third-order valence-corrected chi connectivity index (χ3v) is 4.26. The Hall–Kier alpha value is -1.62. The van der Waals surface area contributed by atoms with Crippen molar-refractivity contribution >= 4 is 11.5 Å². The summed E-state index contributed by atoms with van der Waals surface area (Å²) in [6.07, 6.45) is 5.33. The van der Waals surface area contributed by atoms with Crippen molar-refractivity contribution < 1.29 is 0 Å². The van der Waals surface area contributed by atoms with Crippen molar-refractivity contribution in [2.24, 2.45) is 5.92 Å². The van der Waals surface area contributed by atoms with Crippen LogP contribution in [0.3, 0.4) is 0 Å². The minimum atomic E-state index is 0.775. The van der Waals surface area contributed by atoms with Crippen LogP contribution in [0.25, 0.3) is 5.65 Å². The lowest BCUT2D eigenvalue weighted by Crippen LogP contribution is -2.37. The SMILES string of the molecule is CCCN(CC1CCNCC1)c1cc(C)cc2ncnn12. The monoisotopic (exact) mass is 287 g/mol. The Morgan fingerprint density at radius 3 is 2.90 bits per heavy atom. The minimum Gasteiger partial charge on any atom is -0.356 e. The summed E-state index contributed by atoms with van der Waals surface area (Å²) in [4.78, 5) is 6.84. The van der Waals surface area contributed by atoms with Crippen LogP contribution in [0, 0.1) is 12.8 Å². The van der Waals surface area contributed by atoms with Gasteiger partial charge in [0.05, 0.1) is 0 Å². The largest absolute Gasteiger partial charge is 0.356 e. The molecule has 1 saturated heterocycles. The Balaban J connectivity index is 1.88. The zero-order valence-corrected chi connectivity index (χ0v) is 13.0. The summed E-state index contributed by atoms with van der Waals surface area (Å²) in [5.74, 6) is 1.96. The molecule has 0 aliphatic carbocycles. The van der Waals surface area contributed by atoms with Gasteiger partial charge in [-0.05, 0) is 62.9 Å². The standard InChI is InChI=1S/C16H25N5/c1-3-8-20(11-14-4-6-17-7-5-14)16-10-13(2)9-15-18-12-19-21(15)16/h9-10,12,14,17H,3-8,11H2,1-2H3. The van der Waals surface area contributed by atoms with Gasteiger partial charge in [-0.2, -0.15) is 9.61 Å². The second-order valence-corrected chi connectivity index (χ2v) is 6.06. The topological polar surface area (TPSA) is 45.5 Å². The first kappa shape index (κ1) is 14.3. The first-order chi connectivity index (χ1) is 10.3. The smallest absolute Gasteiger partial charge is 0.157 e. The van der Waals surface area contributed by atoms with Gasteiger partial charge < -0.3 is 10.2 Å². The van der Waals surface area contributed by atoms with E-state index in [9.17, 15) is 0 Å². The number of nitrogens with zero attached hydrogens (tertiary/aromatic N) is 4. The van der Waals surface area contributed by atoms with E-state index >= 15 is 0 Å². The van der Waals surface area contributed by atoms with Crippen LogP contribution in [-0.4, -0.2) is 40.8 Å². The van der Waals surface area contributed by atoms with E-state index in [1.54, 1.807) is 6.33 Å². The van der Waals surface area contributed by atoms with Crippen molar-refractivity contribution in [3.63, 3.8) is 0 Å². The highest BCUT2D eigenvalue weighted by molar-refractivity contribution is 5.52. The van der Waals surface area contributed by atoms with Crippen LogP contribution in [0.4, 0.5) is 5.82 Å². The molecule has 0 radical (unpaired) electrons. The van der Waals surface area contributed by atoms with Crippen molar-refractivity contribution in [2.75, 3.05) is 31.1 Å². The molecule has 21 heavy (non-hydrogen) atoms. The zero-order chi connectivity index (χ0) is 14.7. The minimum absolute atomic E-state index is 0.775. The molecule has 0 atom stereocenters. The van der Waals surface area contributed by atoms with E-state index in [1.807, 2.05) is 4.52 Å². The van der Waals surface area contributed by atoms with Crippen LogP contribution >= 0.6 is 0 Å². The van der Waals surface area contributed by atoms with Crippen LogP contribution in [0.5, 0.6) is 0 Å². The first-order valence-corrected chi connectivity index (χ1v) is 8.04. The number of piperidine rings is 1. The molecule has 5 nitrogen and oxygen atoms in total. The number of aryl methyl sites for hydroxylation is 1. The van der Waals surface area contributed by atoms with Crippen molar-refractivity contribution in [3.8, 4) is 0 Å². The van der Waals surface area contributed by atoms with Crippen LogP contribution in [-0.2, 0) is 0 Å². The fraction of sp³-hybridized carbons (Fsp3) is 0.625. The van der Waals surface area contributed by atoms with Crippen molar-refractivity contribution in [1.29, 1.82) is 0 Å². The normalized spacial score (nSPS) is 16.5. The van der Waals surface area contributed by atoms with Crippen LogP contribution in [0.15, 0.2) is 18.5 Å². The lowest BCUT2D eigenvalue weighted by Gasteiger charge is -2.31. The summed E-state index contributed by atoms with van der Waals surface area (Å²) >= 11 is 0. The molecule has 3 rings (SSSR count). The molecule has 1 N–H and O–H groups in total. The molecule has 1 fully saturated rings. The predicted molar refractivity (Wildman–Crippen MR) is 85.8 cm³/mol. The van der Waals surface area contributed by atoms with Gasteiger partial charge in [0.1, 0.15) is 12.1 Å². The van der Waals surface area contributed by atoms with Crippen molar-refractivity contribution in [2.45, 2.75) is 33.1 Å². The van der Waals surface area contributed by atoms with Gasteiger partial charge in [-0.3, -0.25) is 0 Å². The van der Waals surface area contributed by atoms with Crippen LogP contribution < -0.4 is 10.2 Å². The van der Waals surface area contributed by atoms with E-state index < -0.39 is 0 Å². The third kappa shape index (κ3) is 3.18. The first-order valence-electron chi connectivity index (χ1n) is 8.04. The second kappa shape index (κ2) is 6.43. The molecule has 2 aromatic rings. The highest BCUT2D eigenvalue weighted by Gasteiger charge is 2.19. The molecule has 0 saturated carbocycles. The maximum Gasteiger partial charge on any atom is 0.157 e. The maximum atomic E-state index is 4.41. The number of rotatable bonds is 5. The number of anilines is 1. The fourth-order valence-corrected chi connectivity index (χ4v) is 3.21. The van der Waals surface area contributed by atoms with E-state index in [0.717, 1.165) is 44.2 Å². The average molecular weight is 287 g/mol.